The van der Waals surface area contributed by atoms with Crippen LogP contribution < -0.4 is 10.1 Å². The van der Waals surface area contributed by atoms with Gasteiger partial charge in [-0.2, -0.15) is 0 Å². The third kappa shape index (κ3) is 2.72. The van der Waals surface area contributed by atoms with Crippen molar-refractivity contribution in [1.82, 2.24) is 5.32 Å². The smallest absolute Gasteiger partial charge is 0.251 e. The predicted octanol–water partition coefficient (Wildman–Crippen LogP) is 2.87. The number of fused-ring (bicyclic) bond motifs is 1. The highest BCUT2D eigenvalue weighted by Gasteiger charge is 2.24. The second-order valence-corrected chi connectivity index (χ2v) is 4.88. The van der Waals surface area contributed by atoms with E-state index in [0.717, 1.165) is 23.4 Å². The first-order valence-electron chi connectivity index (χ1n) is 6.60. The molecule has 21 heavy (non-hydrogen) atoms. The van der Waals surface area contributed by atoms with Gasteiger partial charge >= 0.3 is 0 Å². The molecule has 1 aliphatic rings. The van der Waals surface area contributed by atoms with Gasteiger partial charge in [-0.1, -0.05) is 18.2 Å². The highest BCUT2D eigenvalue weighted by Crippen LogP contribution is 2.32. The largest absolute Gasteiger partial charge is 0.493 e. The standard InChI is InChI=1S/C16H13F2NO2/c17-13-6-5-10(7-14(13)18)16(20)19-8-11-9-21-15-4-2-1-3-12(11)15/h1-7,11H,8-9H2,(H,19,20). The summed E-state index contributed by atoms with van der Waals surface area (Å²) < 4.78 is 31.5. The summed E-state index contributed by atoms with van der Waals surface area (Å²) in [5.41, 5.74) is 1.14. The molecule has 3 rings (SSSR count). The van der Waals surface area contributed by atoms with Crippen molar-refractivity contribution in [2.24, 2.45) is 0 Å². The van der Waals surface area contributed by atoms with Crippen LogP contribution in [0.5, 0.6) is 5.75 Å². The van der Waals surface area contributed by atoms with Gasteiger partial charge in [-0.05, 0) is 24.3 Å². The average molecular weight is 289 g/mol. The maximum absolute atomic E-state index is 13.1. The number of halogens is 2. The minimum absolute atomic E-state index is 0.0652. The molecule has 0 saturated carbocycles. The van der Waals surface area contributed by atoms with E-state index in [-0.39, 0.29) is 11.5 Å². The first-order valence-corrected chi connectivity index (χ1v) is 6.60. The summed E-state index contributed by atoms with van der Waals surface area (Å²) in [7, 11) is 0. The minimum Gasteiger partial charge on any atom is -0.493 e. The number of para-hydroxylation sites is 1. The van der Waals surface area contributed by atoms with E-state index in [1.165, 1.54) is 6.07 Å². The number of carbonyl (C=O) groups is 1. The van der Waals surface area contributed by atoms with Crippen molar-refractivity contribution in [1.29, 1.82) is 0 Å². The molecule has 0 fully saturated rings. The van der Waals surface area contributed by atoms with Gasteiger partial charge in [-0.15, -0.1) is 0 Å². The lowest BCUT2D eigenvalue weighted by Gasteiger charge is -2.10. The molecule has 0 aromatic heterocycles. The Kier molecular flexibility index (Phi) is 3.56. The van der Waals surface area contributed by atoms with E-state index in [1.54, 1.807) is 0 Å². The second-order valence-electron chi connectivity index (χ2n) is 4.88. The van der Waals surface area contributed by atoms with Crippen molar-refractivity contribution < 1.29 is 18.3 Å². The Labute approximate surface area is 120 Å². The summed E-state index contributed by atoms with van der Waals surface area (Å²) in [6.07, 6.45) is 0. The Bertz CT molecular complexity index is 688. The lowest BCUT2D eigenvalue weighted by Crippen LogP contribution is -2.29. The SMILES string of the molecule is O=C(NCC1COc2ccccc21)c1ccc(F)c(F)c1. The number of carbonyl (C=O) groups excluding carboxylic acids is 1. The van der Waals surface area contributed by atoms with Gasteiger partial charge in [0, 0.05) is 23.6 Å². The van der Waals surface area contributed by atoms with Crippen LogP contribution in [-0.4, -0.2) is 19.1 Å². The molecule has 3 nitrogen and oxygen atoms in total. The minimum atomic E-state index is -1.03. The van der Waals surface area contributed by atoms with Crippen molar-refractivity contribution in [2.75, 3.05) is 13.2 Å². The summed E-state index contributed by atoms with van der Waals surface area (Å²) in [6, 6.07) is 10.7. The number of hydrogen-bond acceptors (Lipinski definition) is 2. The molecule has 5 heteroatoms. The van der Waals surface area contributed by atoms with Gasteiger partial charge in [0.15, 0.2) is 11.6 Å². The maximum atomic E-state index is 13.1. The topological polar surface area (TPSA) is 38.3 Å². The summed E-state index contributed by atoms with van der Waals surface area (Å²) >= 11 is 0. The lowest BCUT2D eigenvalue weighted by molar-refractivity contribution is 0.0949. The number of amides is 1. The number of ether oxygens (including phenoxy) is 1. The van der Waals surface area contributed by atoms with E-state index in [2.05, 4.69) is 5.32 Å². The molecule has 1 heterocycles. The average Bonchev–Trinajstić information content (AvgIpc) is 2.91. The number of nitrogens with one attached hydrogen (secondary N) is 1. The number of hydrogen-bond donors (Lipinski definition) is 1. The third-order valence-corrected chi connectivity index (χ3v) is 3.49. The first-order chi connectivity index (χ1) is 10.1. The van der Waals surface area contributed by atoms with E-state index in [9.17, 15) is 13.6 Å². The molecule has 1 aliphatic heterocycles. The van der Waals surface area contributed by atoms with E-state index >= 15 is 0 Å². The van der Waals surface area contributed by atoms with Crippen LogP contribution in [0.4, 0.5) is 8.78 Å². The molecule has 108 valence electrons. The summed E-state index contributed by atoms with van der Waals surface area (Å²) in [6.45, 7) is 0.881. The first kappa shape index (κ1) is 13.5. The van der Waals surface area contributed by atoms with Crippen LogP contribution in [0.1, 0.15) is 21.8 Å². The quantitative estimate of drug-likeness (QED) is 0.943. The van der Waals surface area contributed by atoms with Crippen LogP contribution in [0.2, 0.25) is 0 Å². The van der Waals surface area contributed by atoms with Gasteiger partial charge in [0.1, 0.15) is 5.75 Å². The van der Waals surface area contributed by atoms with Crippen LogP contribution in [0.15, 0.2) is 42.5 Å². The Morgan fingerprint density at radius 2 is 2.00 bits per heavy atom. The van der Waals surface area contributed by atoms with Crippen molar-refractivity contribution in [3.05, 3.63) is 65.2 Å². The molecule has 0 spiro atoms. The fourth-order valence-electron chi connectivity index (χ4n) is 2.35. The molecule has 0 radical (unpaired) electrons. The molecule has 1 atom stereocenters. The van der Waals surface area contributed by atoms with Crippen molar-refractivity contribution >= 4 is 5.91 Å². The molecule has 2 aromatic rings. The van der Waals surface area contributed by atoms with Gasteiger partial charge in [0.25, 0.3) is 5.91 Å². The molecule has 2 aromatic carbocycles. The van der Waals surface area contributed by atoms with E-state index in [1.807, 2.05) is 24.3 Å². The van der Waals surface area contributed by atoms with E-state index < -0.39 is 17.5 Å². The molecule has 0 saturated heterocycles. The lowest BCUT2D eigenvalue weighted by atomic mass is 10.0. The van der Waals surface area contributed by atoms with Gasteiger partial charge in [0.2, 0.25) is 0 Å². The van der Waals surface area contributed by atoms with Crippen molar-refractivity contribution in [3.63, 3.8) is 0 Å². The summed E-state index contributed by atoms with van der Waals surface area (Å²) in [5.74, 6) is -1.54. The Hall–Kier alpha value is -2.43. The fraction of sp³-hybridized carbons (Fsp3) is 0.188. The van der Waals surface area contributed by atoms with Crippen LogP contribution in [0, 0.1) is 11.6 Å². The van der Waals surface area contributed by atoms with Crippen LogP contribution in [0.3, 0.4) is 0 Å². The highest BCUT2D eigenvalue weighted by molar-refractivity contribution is 5.94. The predicted molar refractivity (Wildman–Crippen MR) is 73.4 cm³/mol. The Morgan fingerprint density at radius 1 is 1.19 bits per heavy atom. The monoisotopic (exact) mass is 289 g/mol. The number of benzene rings is 2. The van der Waals surface area contributed by atoms with Gasteiger partial charge in [0.05, 0.1) is 6.61 Å². The zero-order valence-corrected chi connectivity index (χ0v) is 11.1. The van der Waals surface area contributed by atoms with Crippen molar-refractivity contribution in [3.8, 4) is 5.75 Å². The molecule has 1 unspecified atom stereocenters. The summed E-state index contributed by atoms with van der Waals surface area (Å²) in [4.78, 5) is 11.9. The molecule has 0 bridgehead atoms. The van der Waals surface area contributed by atoms with E-state index in [0.29, 0.717) is 13.2 Å². The molecule has 1 N–H and O–H groups in total. The zero-order valence-electron chi connectivity index (χ0n) is 11.1. The van der Waals surface area contributed by atoms with Crippen LogP contribution in [0.25, 0.3) is 0 Å². The van der Waals surface area contributed by atoms with Crippen molar-refractivity contribution in [2.45, 2.75) is 5.92 Å². The zero-order chi connectivity index (χ0) is 14.8. The van der Waals surface area contributed by atoms with E-state index in [4.69, 9.17) is 4.74 Å². The molecular formula is C16H13F2NO2. The Morgan fingerprint density at radius 3 is 2.81 bits per heavy atom. The van der Waals surface area contributed by atoms with Gasteiger partial charge in [-0.25, -0.2) is 8.78 Å². The normalized spacial score (nSPS) is 16.2. The molecule has 1 amide bonds. The maximum Gasteiger partial charge on any atom is 0.251 e. The number of rotatable bonds is 3. The highest BCUT2D eigenvalue weighted by atomic mass is 19.2. The van der Waals surface area contributed by atoms with Crippen LogP contribution >= 0.6 is 0 Å². The van der Waals surface area contributed by atoms with Gasteiger partial charge < -0.3 is 10.1 Å². The molecule has 0 aliphatic carbocycles. The molecular weight excluding hydrogens is 276 g/mol. The summed E-state index contributed by atoms with van der Waals surface area (Å²) in [5, 5.41) is 2.72. The fourth-order valence-corrected chi connectivity index (χ4v) is 2.35. The Balaban J connectivity index is 1.66. The second kappa shape index (κ2) is 5.52. The van der Waals surface area contributed by atoms with Gasteiger partial charge in [-0.3, -0.25) is 4.79 Å². The van der Waals surface area contributed by atoms with Crippen LogP contribution in [-0.2, 0) is 0 Å². The third-order valence-electron chi connectivity index (χ3n) is 3.49.